The number of hydrogen-bond acceptors (Lipinski definition) is 3. The van der Waals surface area contributed by atoms with Gasteiger partial charge in [0.05, 0.1) is 18.1 Å². The van der Waals surface area contributed by atoms with E-state index in [1.807, 2.05) is 6.92 Å². The maximum absolute atomic E-state index is 11.2. The van der Waals surface area contributed by atoms with Crippen LogP contribution in [0.15, 0.2) is 18.5 Å². The lowest BCUT2D eigenvalue weighted by molar-refractivity contribution is 0.600. The smallest absolute Gasteiger partial charge is 0.232 e. The number of nitrogens with zero attached hydrogens (tertiary/aromatic N) is 2. The standard InChI is InChI=1S/C8H12N2O2S/c1-7-4-5-9-6-8(7)10(2)13(3,11)12/h4-6H,1-3H3. The summed E-state index contributed by atoms with van der Waals surface area (Å²) >= 11 is 0. The largest absolute Gasteiger partial charge is 0.272 e. The van der Waals surface area contributed by atoms with Crippen LogP contribution in [0.3, 0.4) is 0 Å². The second-order valence-corrected chi connectivity index (χ2v) is 4.91. The van der Waals surface area contributed by atoms with Crippen LogP contribution in [0.4, 0.5) is 5.69 Å². The fraction of sp³-hybridized carbons (Fsp3) is 0.375. The van der Waals surface area contributed by atoms with E-state index < -0.39 is 10.0 Å². The van der Waals surface area contributed by atoms with Gasteiger partial charge in [-0.25, -0.2) is 8.42 Å². The number of anilines is 1. The van der Waals surface area contributed by atoms with Gasteiger partial charge in [0.15, 0.2) is 0 Å². The molecule has 72 valence electrons. The molecule has 5 heteroatoms. The van der Waals surface area contributed by atoms with Gasteiger partial charge < -0.3 is 0 Å². The van der Waals surface area contributed by atoms with Crippen molar-refractivity contribution in [3.8, 4) is 0 Å². The molecule has 1 aromatic rings. The molecule has 1 rings (SSSR count). The lowest BCUT2D eigenvalue weighted by Gasteiger charge is -2.17. The van der Waals surface area contributed by atoms with E-state index in [1.54, 1.807) is 12.3 Å². The predicted molar refractivity (Wildman–Crippen MR) is 52.2 cm³/mol. The van der Waals surface area contributed by atoms with E-state index in [2.05, 4.69) is 4.98 Å². The third-order valence-electron chi connectivity index (χ3n) is 1.85. The Morgan fingerprint density at radius 2 is 2.08 bits per heavy atom. The Bertz CT molecular complexity index is 400. The van der Waals surface area contributed by atoms with Gasteiger partial charge in [-0.1, -0.05) is 0 Å². The van der Waals surface area contributed by atoms with E-state index in [0.717, 1.165) is 5.56 Å². The molecule has 0 spiro atoms. The second-order valence-electron chi connectivity index (χ2n) is 2.89. The Morgan fingerprint density at radius 1 is 1.46 bits per heavy atom. The molecule has 0 N–H and O–H groups in total. The second kappa shape index (κ2) is 3.33. The molecule has 0 saturated carbocycles. The summed E-state index contributed by atoms with van der Waals surface area (Å²) in [6.45, 7) is 1.85. The molecule has 0 saturated heterocycles. The van der Waals surface area contributed by atoms with Crippen LogP contribution >= 0.6 is 0 Å². The third-order valence-corrected chi connectivity index (χ3v) is 3.04. The Labute approximate surface area is 78.3 Å². The minimum Gasteiger partial charge on any atom is -0.272 e. The van der Waals surface area contributed by atoms with Crippen LogP contribution < -0.4 is 4.31 Å². The molecule has 1 heterocycles. The van der Waals surface area contributed by atoms with Gasteiger partial charge >= 0.3 is 0 Å². The quantitative estimate of drug-likeness (QED) is 0.709. The Kier molecular flexibility index (Phi) is 2.56. The number of hydrogen-bond donors (Lipinski definition) is 0. The van der Waals surface area contributed by atoms with Crippen LogP contribution in [-0.2, 0) is 10.0 Å². The van der Waals surface area contributed by atoms with Crippen molar-refractivity contribution in [2.75, 3.05) is 17.6 Å². The van der Waals surface area contributed by atoms with Crippen molar-refractivity contribution in [3.63, 3.8) is 0 Å². The highest BCUT2D eigenvalue weighted by Crippen LogP contribution is 2.18. The van der Waals surface area contributed by atoms with Crippen molar-refractivity contribution in [2.45, 2.75) is 6.92 Å². The summed E-state index contributed by atoms with van der Waals surface area (Å²) in [7, 11) is -1.67. The number of rotatable bonds is 2. The summed E-state index contributed by atoms with van der Waals surface area (Å²) in [6.07, 6.45) is 4.34. The van der Waals surface area contributed by atoms with Crippen molar-refractivity contribution >= 4 is 15.7 Å². The average Bonchev–Trinajstić information content (AvgIpc) is 2.02. The van der Waals surface area contributed by atoms with Crippen molar-refractivity contribution in [1.82, 2.24) is 4.98 Å². The van der Waals surface area contributed by atoms with Crippen LogP contribution in [0, 0.1) is 6.92 Å². The summed E-state index contributed by atoms with van der Waals surface area (Å²) in [6, 6.07) is 1.77. The summed E-state index contributed by atoms with van der Waals surface area (Å²) in [5, 5.41) is 0. The van der Waals surface area contributed by atoms with Gasteiger partial charge in [0, 0.05) is 13.2 Å². The molecule has 0 atom stereocenters. The van der Waals surface area contributed by atoms with Crippen molar-refractivity contribution in [3.05, 3.63) is 24.0 Å². The fourth-order valence-electron chi connectivity index (χ4n) is 0.964. The zero-order valence-corrected chi connectivity index (χ0v) is 8.67. The minimum atomic E-state index is -3.19. The van der Waals surface area contributed by atoms with Crippen LogP contribution in [0.1, 0.15) is 5.56 Å². The molecule has 4 nitrogen and oxygen atoms in total. The molecule has 13 heavy (non-hydrogen) atoms. The first-order chi connectivity index (χ1) is 5.93. The fourth-order valence-corrected chi connectivity index (χ4v) is 1.51. The molecule has 0 fully saturated rings. The van der Waals surface area contributed by atoms with Crippen molar-refractivity contribution in [2.24, 2.45) is 0 Å². The third kappa shape index (κ3) is 2.18. The highest BCUT2D eigenvalue weighted by Gasteiger charge is 2.13. The molecule has 0 aliphatic rings. The van der Waals surface area contributed by atoms with Crippen LogP contribution in [0.5, 0.6) is 0 Å². The number of aryl methyl sites for hydroxylation is 1. The summed E-state index contributed by atoms with van der Waals surface area (Å²) in [4.78, 5) is 3.87. The van der Waals surface area contributed by atoms with Gasteiger partial charge in [0.25, 0.3) is 0 Å². The van der Waals surface area contributed by atoms with Crippen LogP contribution in [-0.4, -0.2) is 26.7 Å². The van der Waals surface area contributed by atoms with Gasteiger partial charge in [-0.2, -0.15) is 0 Å². The molecule has 0 amide bonds. The molecule has 0 aromatic carbocycles. The van der Waals surface area contributed by atoms with Crippen molar-refractivity contribution < 1.29 is 8.42 Å². The molecule has 1 aromatic heterocycles. The Balaban J connectivity index is 3.17. The van der Waals surface area contributed by atoms with Gasteiger partial charge in [-0.05, 0) is 18.6 Å². The van der Waals surface area contributed by atoms with Gasteiger partial charge in [0.1, 0.15) is 0 Å². The van der Waals surface area contributed by atoms with Crippen LogP contribution in [0.25, 0.3) is 0 Å². The zero-order valence-electron chi connectivity index (χ0n) is 7.85. The maximum Gasteiger partial charge on any atom is 0.232 e. The lowest BCUT2D eigenvalue weighted by atomic mass is 10.2. The van der Waals surface area contributed by atoms with E-state index in [4.69, 9.17) is 0 Å². The summed E-state index contributed by atoms with van der Waals surface area (Å²) in [5.74, 6) is 0. The first-order valence-corrected chi connectivity index (χ1v) is 5.62. The van der Waals surface area contributed by atoms with Crippen molar-refractivity contribution in [1.29, 1.82) is 0 Å². The molecule has 0 aliphatic heterocycles. The number of sulfonamides is 1. The Hall–Kier alpha value is -1.10. The van der Waals surface area contributed by atoms with Gasteiger partial charge in [0.2, 0.25) is 10.0 Å². The molecule has 0 unspecified atom stereocenters. The van der Waals surface area contributed by atoms with E-state index in [1.165, 1.54) is 23.8 Å². The first-order valence-electron chi connectivity index (χ1n) is 3.77. The van der Waals surface area contributed by atoms with E-state index >= 15 is 0 Å². The summed E-state index contributed by atoms with van der Waals surface area (Å²) in [5.41, 5.74) is 1.51. The van der Waals surface area contributed by atoms with E-state index in [0.29, 0.717) is 5.69 Å². The average molecular weight is 200 g/mol. The van der Waals surface area contributed by atoms with Crippen LogP contribution in [0.2, 0.25) is 0 Å². The highest BCUT2D eigenvalue weighted by atomic mass is 32.2. The maximum atomic E-state index is 11.2. The van der Waals surface area contributed by atoms with Gasteiger partial charge in [-0.3, -0.25) is 9.29 Å². The molecule has 0 bridgehead atoms. The highest BCUT2D eigenvalue weighted by molar-refractivity contribution is 7.92. The Morgan fingerprint density at radius 3 is 2.54 bits per heavy atom. The monoisotopic (exact) mass is 200 g/mol. The normalized spacial score (nSPS) is 11.3. The van der Waals surface area contributed by atoms with Gasteiger partial charge in [-0.15, -0.1) is 0 Å². The zero-order chi connectivity index (χ0) is 10.1. The molecular formula is C8H12N2O2S. The van der Waals surface area contributed by atoms with E-state index in [9.17, 15) is 8.42 Å². The number of aromatic nitrogens is 1. The molecule has 0 aliphatic carbocycles. The van der Waals surface area contributed by atoms with E-state index in [-0.39, 0.29) is 0 Å². The summed E-state index contributed by atoms with van der Waals surface area (Å²) < 4.78 is 23.6. The number of pyridine rings is 1. The lowest BCUT2D eigenvalue weighted by Crippen LogP contribution is -2.25. The minimum absolute atomic E-state index is 0.616. The topological polar surface area (TPSA) is 50.3 Å². The first kappa shape index (κ1) is 9.98. The molecular weight excluding hydrogens is 188 g/mol. The molecule has 0 radical (unpaired) electrons. The SMILES string of the molecule is Cc1ccncc1N(C)S(C)(=O)=O. The predicted octanol–water partition coefficient (Wildman–Crippen LogP) is 0.786.